The fourth-order valence-electron chi connectivity index (χ4n) is 2.07. The van der Waals surface area contributed by atoms with E-state index in [0.717, 1.165) is 23.6 Å². The molecule has 19 heavy (non-hydrogen) atoms. The Labute approximate surface area is 115 Å². The van der Waals surface area contributed by atoms with Crippen LogP contribution in [0.3, 0.4) is 0 Å². The molecule has 2 heterocycles. The molecule has 1 aromatic heterocycles. The Hall–Kier alpha value is -1.69. The molecule has 1 aromatic carbocycles. The van der Waals surface area contributed by atoms with Gasteiger partial charge in [-0.3, -0.25) is 0 Å². The SMILES string of the molecule is COc1cc(-c2nc(C3CCCS3)no2)ccc1O. The molecular weight excluding hydrogens is 264 g/mol. The average molecular weight is 278 g/mol. The minimum atomic E-state index is 0.0948. The summed E-state index contributed by atoms with van der Waals surface area (Å²) in [5, 5.41) is 14.0. The summed E-state index contributed by atoms with van der Waals surface area (Å²) in [5.74, 6) is 2.86. The van der Waals surface area contributed by atoms with Gasteiger partial charge in [-0.25, -0.2) is 0 Å². The number of aromatic hydroxyl groups is 1. The topological polar surface area (TPSA) is 68.4 Å². The van der Waals surface area contributed by atoms with Gasteiger partial charge in [-0.2, -0.15) is 16.7 Å². The van der Waals surface area contributed by atoms with E-state index in [1.165, 1.54) is 13.5 Å². The van der Waals surface area contributed by atoms with Gasteiger partial charge in [0.2, 0.25) is 0 Å². The van der Waals surface area contributed by atoms with Crippen molar-refractivity contribution in [2.24, 2.45) is 0 Å². The van der Waals surface area contributed by atoms with Crippen molar-refractivity contribution < 1.29 is 14.4 Å². The number of ether oxygens (including phenoxy) is 1. The molecule has 1 atom stereocenters. The minimum absolute atomic E-state index is 0.0948. The first kappa shape index (κ1) is 12.3. The van der Waals surface area contributed by atoms with Gasteiger partial charge in [-0.15, -0.1) is 0 Å². The molecule has 3 rings (SSSR count). The van der Waals surface area contributed by atoms with Crippen molar-refractivity contribution in [3.8, 4) is 23.0 Å². The van der Waals surface area contributed by atoms with Crippen LogP contribution in [0, 0.1) is 0 Å². The van der Waals surface area contributed by atoms with Crippen LogP contribution < -0.4 is 4.74 Å². The van der Waals surface area contributed by atoms with Gasteiger partial charge in [0.05, 0.1) is 12.4 Å². The molecule has 1 aliphatic heterocycles. The fourth-order valence-corrected chi connectivity index (χ4v) is 3.27. The van der Waals surface area contributed by atoms with Crippen molar-refractivity contribution in [2.75, 3.05) is 12.9 Å². The lowest BCUT2D eigenvalue weighted by Gasteiger charge is -2.03. The maximum absolute atomic E-state index is 9.56. The summed E-state index contributed by atoms with van der Waals surface area (Å²) in [6.07, 6.45) is 2.30. The van der Waals surface area contributed by atoms with Crippen molar-refractivity contribution in [3.63, 3.8) is 0 Å². The Bertz CT molecular complexity index is 579. The minimum Gasteiger partial charge on any atom is -0.504 e. The molecule has 1 N–H and O–H groups in total. The van der Waals surface area contributed by atoms with Crippen molar-refractivity contribution >= 4 is 11.8 Å². The predicted molar refractivity (Wildman–Crippen MR) is 72.4 cm³/mol. The van der Waals surface area contributed by atoms with Gasteiger partial charge >= 0.3 is 0 Å². The molecule has 1 saturated heterocycles. The van der Waals surface area contributed by atoms with Crippen LogP contribution in [0.15, 0.2) is 22.7 Å². The van der Waals surface area contributed by atoms with Crippen LogP contribution >= 0.6 is 11.8 Å². The number of methoxy groups -OCH3 is 1. The van der Waals surface area contributed by atoms with Crippen molar-refractivity contribution in [1.82, 2.24) is 10.1 Å². The van der Waals surface area contributed by atoms with Gasteiger partial charge in [0.15, 0.2) is 17.3 Å². The van der Waals surface area contributed by atoms with Crippen LogP contribution in [0.2, 0.25) is 0 Å². The number of thioether (sulfide) groups is 1. The standard InChI is InChI=1S/C13H14N2O3S/c1-17-10-7-8(4-5-9(10)16)13-14-12(15-18-13)11-3-2-6-19-11/h4-5,7,11,16H,2-3,6H2,1H3. The third-order valence-electron chi connectivity index (χ3n) is 3.09. The zero-order valence-corrected chi connectivity index (χ0v) is 11.3. The van der Waals surface area contributed by atoms with Crippen LogP contribution in [0.1, 0.15) is 23.9 Å². The second-order valence-corrected chi connectivity index (χ2v) is 5.66. The van der Waals surface area contributed by atoms with E-state index in [1.807, 2.05) is 11.8 Å². The molecule has 5 nitrogen and oxygen atoms in total. The van der Waals surface area contributed by atoms with E-state index in [0.29, 0.717) is 16.9 Å². The third kappa shape index (κ3) is 2.40. The number of phenols is 1. The first-order valence-electron chi connectivity index (χ1n) is 6.10. The van der Waals surface area contributed by atoms with Gasteiger partial charge in [-0.05, 0) is 36.8 Å². The molecule has 2 aromatic rings. The first-order chi connectivity index (χ1) is 9.28. The average Bonchev–Trinajstić information content (AvgIpc) is 3.10. The summed E-state index contributed by atoms with van der Waals surface area (Å²) in [7, 11) is 1.51. The number of phenolic OH excluding ortho intramolecular Hbond substituents is 1. The molecule has 0 spiro atoms. The van der Waals surface area contributed by atoms with Gasteiger partial charge in [-0.1, -0.05) is 5.16 Å². The summed E-state index contributed by atoms with van der Waals surface area (Å²) in [6.45, 7) is 0. The van der Waals surface area contributed by atoms with Gasteiger partial charge in [0.1, 0.15) is 0 Å². The molecule has 100 valence electrons. The summed E-state index contributed by atoms with van der Waals surface area (Å²) < 4.78 is 10.4. The van der Waals surface area contributed by atoms with E-state index in [4.69, 9.17) is 9.26 Å². The summed E-state index contributed by atoms with van der Waals surface area (Å²) in [5.41, 5.74) is 0.747. The monoisotopic (exact) mass is 278 g/mol. The Morgan fingerprint density at radius 2 is 2.37 bits per heavy atom. The van der Waals surface area contributed by atoms with Crippen LogP contribution in [-0.4, -0.2) is 28.1 Å². The quantitative estimate of drug-likeness (QED) is 0.930. The van der Waals surface area contributed by atoms with Crippen molar-refractivity contribution in [2.45, 2.75) is 18.1 Å². The van der Waals surface area contributed by atoms with Gasteiger partial charge in [0, 0.05) is 5.56 Å². The highest BCUT2D eigenvalue weighted by molar-refractivity contribution is 7.99. The maximum atomic E-state index is 9.56. The molecule has 1 aliphatic rings. The molecule has 0 radical (unpaired) electrons. The maximum Gasteiger partial charge on any atom is 0.258 e. The third-order valence-corrected chi connectivity index (χ3v) is 4.46. The number of aromatic nitrogens is 2. The number of hydrogen-bond acceptors (Lipinski definition) is 6. The Kier molecular flexibility index (Phi) is 3.33. The highest BCUT2D eigenvalue weighted by Crippen LogP contribution is 2.39. The summed E-state index contributed by atoms with van der Waals surface area (Å²) in [6, 6.07) is 4.98. The molecule has 0 bridgehead atoms. The van der Waals surface area contributed by atoms with Crippen LogP contribution in [-0.2, 0) is 0 Å². The van der Waals surface area contributed by atoms with E-state index in [-0.39, 0.29) is 5.75 Å². The number of nitrogens with zero attached hydrogens (tertiary/aromatic N) is 2. The van der Waals surface area contributed by atoms with E-state index < -0.39 is 0 Å². The molecule has 0 saturated carbocycles. The lowest BCUT2D eigenvalue weighted by atomic mass is 10.2. The lowest BCUT2D eigenvalue weighted by Crippen LogP contribution is -1.91. The first-order valence-corrected chi connectivity index (χ1v) is 7.15. The van der Waals surface area contributed by atoms with E-state index >= 15 is 0 Å². The van der Waals surface area contributed by atoms with Crippen molar-refractivity contribution in [3.05, 3.63) is 24.0 Å². The predicted octanol–water partition coefficient (Wildman–Crippen LogP) is 3.02. The molecule has 0 aliphatic carbocycles. The fraction of sp³-hybridized carbons (Fsp3) is 0.385. The molecule has 0 amide bonds. The van der Waals surface area contributed by atoms with Gasteiger partial charge < -0.3 is 14.4 Å². The van der Waals surface area contributed by atoms with Crippen LogP contribution in [0.5, 0.6) is 11.5 Å². The highest BCUT2D eigenvalue weighted by Gasteiger charge is 2.23. The smallest absolute Gasteiger partial charge is 0.258 e. The lowest BCUT2D eigenvalue weighted by molar-refractivity contribution is 0.373. The Morgan fingerprint density at radius 3 is 3.11 bits per heavy atom. The van der Waals surface area contributed by atoms with Crippen LogP contribution in [0.4, 0.5) is 0 Å². The largest absolute Gasteiger partial charge is 0.504 e. The zero-order chi connectivity index (χ0) is 13.2. The second kappa shape index (κ2) is 5.13. The number of benzene rings is 1. The molecule has 1 unspecified atom stereocenters. The Morgan fingerprint density at radius 1 is 1.47 bits per heavy atom. The van der Waals surface area contributed by atoms with Crippen LogP contribution in [0.25, 0.3) is 11.5 Å². The highest BCUT2D eigenvalue weighted by atomic mass is 32.2. The number of rotatable bonds is 3. The summed E-state index contributed by atoms with van der Waals surface area (Å²) >= 11 is 1.86. The van der Waals surface area contributed by atoms with Crippen molar-refractivity contribution in [1.29, 1.82) is 0 Å². The molecule has 1 fully saturated rings. The van der Waals surface area contributed by atoms with E-state index in [1.54, 1.807) is 18.2 Å². The van der Waals surface area contributed by atoms with E-state index in [2.05, 4.69) is 10.1 Å². The summed E-state index contributed by atoms with van der Waals surface area (Å²) in [4.78, 5) is 4.43. The Balaban J connectivity index is 1.89. The van der Waals surface area contributed by atoms with E-state index in [9.17, 15) is 5.11 Å². The molecule has 6 heteroatoms. The molecular formula is C13H14N2O3S. The second-order valence-electron chi connectivity index (χ2n) is 4.35. The zero-order valence-electron chi connectivity index (χ0n) is 10.5. The normalized spacial score (nSPS) is 18.7. The van der Waals surface area contributed by atoms with Gasteiger partial charge in [0.25, 0.3) is 5.89 Å². The number of hydrogen-bond donors (Lipinski definition) is 1.